The number of hydrogen-bond acceptors (Lipinski definition) is 3. The second kappa shape index (κ2) is 12.9. The third-order valence-corrected chi connectivity index (χ3v) is 6.98. The normalized spacial score (nSPS) is 19.8. The zero-order chi connectivity index (χ0) is 20.8. The molecule has 6 heteroatoms. The molecule has 1 atom stereocenters. The Hall–Kier alpha value is -1.23. The lowest BCUT2D eigenvalue weighted by Gasteiger charge is -2.43. The molecule has 0 bridgehead atoms. The fraction of sp³-hybridized carbons (Fsp3) is 0.462. The highest BCUT2D eigenvalue weighted by Crippen LogP contribution is 2.41. The highest BCUT2D eigenvalue weighted by Gasteiger charge is 2.39. The van der Waals surface area contributed by atoms with E-state index in [4.69, 9.17) is 11.6 Å². The maximum atomic E-state index is 11.6. The lowest BCUT2D eigenvalue weighted by molar-refractivity contribution is -0.0333. The number of hydrogen-bond donors (Lipinski definition) is 1. The fourth-order valence-corrected chi connectivity index (χ4v) is 5.13. The van der Waals surface area contributed by atoms with Crippen LogP contribution >= 0.6 is 36.4 Å². The summed E-state index contributed by atoms with van der Waals surface area (Å²) < 4.78 is 0. The molecule has 2 fully saturated rings. The van der Waals surface area contributed by atoms with E-state index < -0.39 is 5.60 Å². The van der Waals surface area contributed by atoms with Crippen molar-refractivity contribution in [1.82, 2.24) is 9.80 Å². The average molecular weight is 498 g/mol. The van der Waals surface area contributed by atoms with Crippen LogP contribution in [-0.4, -0.2) is 53.2 Å². The molecule has 2 aromatic carbocycles. The Balaban J connectivity index is 0.00000181. The molecule has 2 aromatic rings. The number of halogens is 3. The van der Waals surface area contributed by atoms with E-state index in [1.54, 1.807) is 0 Å². The molecular formula is C26H35Cl3N2O. The van der Waals surface area contributed by atoms with E-state index in [9.17, 15) is 5.11 Å². The average Bonchev–Trinajstić information content (AvgIpc) is 2.78. The smallest absolute Gasteiger partial charge is 0.0728 e. The number of rotatable bonds is 6. The lowest BCUT2D eigenvalue weighted by atomic mass is 9.72. The first kappa shape index (κ1) is 27.0. The van der Waals surface area contributed by atoms with E-state index in [1.807, 2.05) is 18.2 Å². The van der Waals surface area contributed by atoms with Gasteiger partial charge in [-0.05, 0) is 48.4 Å². The predicted molar refractivity (Wildman–Crippen MR) is 140 cm³/mol. The Kier molecular flexibility index (Phi) is 10.9. The van der Waals surface area contributed by atoms with Gasteiger partial charge in [-0.3, -0.25) is 4.90 Å². The first-order valence-electron chi connectivity index (χ1n) is 11.3. The van der Waals surface area contributed by atoms with Crippen LogP contribution in [0.4, 0.5) is 0 Å². The lowest BCUT2D eigenvalue weighted by Crippen LogP contribution is -2.49. The largest absolute Gasteiger partial charge is 0.389 e. The van der Waals surface area contributed by atoms with Gasteiger partial charge in [0.1, 0.15) is 0 Å². The molecule has 1 aliphatic heterocycles. The maximum absolute atomic E-state index is 11.6. The SMILES string of the molecule is Cl.Cl.OC1(C(CN2CCN(C=Cc3ccccc3)CC2)c2cccc(Cl)c2)CCCCC1. The van der Waals surface area contributed by atoms with Gasteiger partial charge in [-0.1, -0.05) is 73.3 Å². The van der Waals surface area contributed by atoms with Crippen molar-refractivity contribution in [3.05, 3.63) is 76.9 Å². The third-order valence-electron chi connectivity index (χ3n) is 6.74. The summed E-state index contributed by atoms with van der Waals surface area (Å²) in [6, 6.07) is 18.6. The van der Waals surface area contributed by atoms with E-state index in [2.05, 4.69) is 58.5 Å². The predicted octanol–water partition coefficient (Wildman–Crippen LogP) is 6.25. The van der Waals surface area contributed by atoms with Crippen molar-refractivity contribution in [2.45, 2.75) is 43.6 Å². The van der Waals surface area contributed by atoms with E-state index >= 15 is 0 Å². The maximum Gasteiger partial charge on any atom is 0.0728 e. The molecule has 3 nitrogen and oxygen atoms in total. The molecule has 1 heterocycles. The molecule has 0 spiro atoms. The number of piperazine rings is 1. The molecule has 1 aliphatic carbocycles. The van der Waals surface area contributed by atoms with Gasteiger partial charge in [0.15, 0.2) is 0 Å². The Labute approximate surface area is 210 Å². The zero-order valence-electron chi connectivity index (χ0n) is 18.5. The number of nitrogens with zero attached hydrogens (tertiary/aromatic N) is 2. The van der Waals surface area contributed by atoms with E-state index in [0.717, 1.165) is 63.4 Å². The van der Waals surface area contributed by atoms with Crippen LogP contribution < -0.4 is 0 Å². The molecule has 1 unspecified atom stereocenters. The summed E-state index contributed by atoms with van der Waals surface area (Å²) in [4.78, 5) is 4.91. The van der Waals surface area contributed by atoms with Gasteiger partial charge in [-0.2, -0.15) is 0 Å². The van der Waals surface area contributed by atoms with Gasteiger partial charge in [0, 0.05) is 43.7 Å². The van der Waals surface area contributed by atoms with Crippen LogP contribution in [-0.2, 0) is 0 Å². The quantitative estimate of drug-likeness (QED) is 0.511. The monoisotopic (exact) mass is 496 g/mol. The van der Waals surface area contributed by atoms with Crippen molar-refractivity contribution in [2.24, 2.45) is 0 Å². The van der Waals surface area contributed by atoms with Gasteiger partial charge < -0.3 is 10.0 Å². The first-order chi connectivity index (χ1) is 14.6. The number of aliphatic hydroxyl groups is 1. The molecule has 4 rings (SSSR count). The summed E-state index contributed by atoms with van der Waals surface area (Å²) in [6.45, 7) is 4.97. The molecule has 176 valence electrons. The van der Waals surface area contributed by atoms with Gasteiger partial charge >= 0.3 is 0 Å². The topological polar surface area (TPSA) is 26.7 Å². The van der Waals surface area contributed by atoms with E-state index in [-0.39, 0.29) is 30.7 Å². The third kappa shape index (κ3) is 7.13. The Bertz CT molecular complexity index is 832. The van der Waals surface area contributed by atoms with Crippen molar-refractivity contribution < 1.29 is 5.11 Å². The van der Waals surface area contributed by atoms with Crippen LogP contribution in [0.5, 0.6) is 0 Å². The zero-order valence-corrected chi connectivity index (χ0v) is 20.9. The van der Waals surface area contributed by atoms with E-state index in [0.29, 0.717) is 0 Å². The Morgan fingerprint density at radius 1 is 0.906 bits per heavy atom. The summed E-state index contributed by atoms with van der Waals surface area (Å²) in [6.07, 6.45) is 9.66. The molecular weight excluding hydrogens is 463 g/mol. The van der Waals surface area contributed by atoms with Gasteiger partial charge in [0.25, 0.3) is 0 Å². The Morgan fingerprint density at radius 2 is 1.59 bits per heavy atom. The van der Waals surface area contributed by atoms with Crippen LogP contribution in [0.15, 0.2) is 60.8 Å². The first-order valence-corrected chi connectivity index (χ1v) is 11.7. The minimum atomic E-state index is -0.618. The highest BCUT2D eigenvalue weighted by molar-refractivity contribution is 6.30. The summed E-state index contributed by atoms with van der Waals surface area (Å²) in [5.41, 5.74) is 1.80. The van der Waals surface area contributed by atoms with Gasteiger partial charge in [-0.25, -0.2) is 0 Å². The van der Waals surface area contributed by atoms with Crippen molar-refractivity contribution in [2.75, 3.05) is 32.7 Å². The van der Waals surface area contributed by atoms with E-state index in [1.165, 1.54) is 17.5 Å². The van der Waals surface area contributed by atoms with Crippen LogP contribution in [0.1, 0.15) is 49.1 Å². The summed E-state index contributed by atoms with van der Waals surface area (Å²) in [5.74, 6) is 0.114. The molecule has 0 radical (unpaired) electrons. The van der Waals surface area contributed by atoms with Gasteiger partial charge in [0.05, 0.1) is 5.60 Å². The van der Waals surface area contributed by atoms with Crippen molar-refractivity contribution in [3.63, 3.8) is 0 Å². The van der Waals surface area contributed by atoms with Crippen LogP contribution in [0.3, 0.4) is 0 Å². The Morgan fingerprint density at radius 3 is 2.25 bits per heavy atom. The van der Waals surface area contributed by atoms with Crippen molar-refractivity contribution in [3.8, 4) is 0 Å². The molecule has 1 N–H and O–H groups in total. The molecule has 1 saturated carbocycles. The fourth-order valence-electron chi connectivity index (χ4n) is 4.93. The van der Waals surface area contributed by atoms with Gasteiger partial charge in [0.2, 0.25) is 0 Å². The van der Waals surface area contributed by atoms with Crippen LogP contribution in [0.25, 0.3) is 6.08 Å². The van der Waals surface area contributed by atoms with Gasteiger partial charge in [-0.15, -0.1) is 24.8 Å². The second-order valence-corrected chi connectivity index (χ2v) is 9.27. The van der Waals surface area contributed by atoms with Crippen LogP contribution in [0, 0.1) is 0 Å². The molecule has 0 amide bonds. The number of benzene rings is 2. The molecule has 1 saturated heterocycles. The standard InChI is InChI=1S/C26H33ClN2O.2ClH/c27-24-11-7-10-23(20-24)25(26(30)13-5-2-6-14-26)21-29-18-16-28(17-19-29)15-12-22-8-3-1-4-9-22;;/h1,3-4,7-12,15,20,25,30H,2,5-6,13-14,16-19,21H2;2*1H. The minimum absolute atomic E-state index is 0. The van der Waals surface area contributed by atoms with Crippen molar-refractivity contribution >= 4 is 42.5 Å². The summed E-state index contributed by atoms with van der Waals surface area (Å²) in [7, 11) is 0. The van der Waals surface area contributed by atoms with Crippen molar-refractivity contribution in [1.29, 1.82) is 0 Å². The summed E-state index contributed by atoms with van der Waals surface area (Å²) >= 11 is 6.31. The summed E-state index contributed by atoms with van der Waals surface area (Å²) in [5, 5.41) is 12.3. The minimum Gasteiger partial charge on any atom is -0.389 e. The second-order valence-electron chi connectivity index (χ2n) is 8.83. The molecule has 0 aromatic heterocycles. The molecule has 2 aliphatic rings. The van der Waals surface area contributed by atoms with Crippen LogP contribution in [0.2, 0.25) is 5.02 Å². The molecule has 32 heavy (non-hydrogen) atoms. The highest BCUT2D eigenvalue weighted by atomic mass is 35.5.